The molecular formula is C21H22N2O2. The molecule has 1 saturated carbocycles. The predicted octanol–water partition coefficient (Wildman–Crippen LogP) is 4.48. The predicted molar refractivity (Wildman–Crippen MR) is 98.5 cm³/mol. The van der Waals surface area contributed by atoms with Crippen LogP contribution in [0.4, 0.5) is 5.69 Å². The van der Waals surface area contributed by atoms with Crippen LogP contribution in [0.5, 0.6) is 0 Å². The lowest BCUT2D eigenvalue weighted by molar-refractivity contribution is -0.140. The molecule has 0 spiro atoms. The van der Waals surface area contributed by atoms with Gasteiger partial charge >= 0.3 is 5.97 Å². The molecule has 0 radical (unpaired) electrons. The van der Waals surface area contributed by atoms with Gasteiger partial charge < -0.3 is 4.74 Å². The summed E-state index contributed by atoms with van der Waals surface area (Å²) in [5.74, 6) is -0.258. The first-order valence-corrected chi connectivity index (χ1v) is 8.99. The Labute approximate surface area is 148 Å². The van der Waals surface area contributed by atoms with Crippen molar-refractivity contribution in [1.82, 2.24) is 0 Å². The van der Waals surface area contributed by atoms with E-state index in [-0.39, 0.29) is 18.1 Å². The summed E-state index contributed by atoms with van der Waals surface area (Å²) in [6.07, 6.45) is 4.88. The van der Waals surface area contributed by atoms with Crippen molar-refractivity contribution in [2.24, 2.45) is 5.10 Å². The fourth-order valence-corrected chi connectivity index (χ4v) is 3.61. The van der Waals surface area contributed by atoms with Gasteiger partial charge in [0.25, 0.3) is 0 Å². The van der Waals surface area contributed by atoms with Crippen molar-refractivity contribution in [3.8, 4) is 0 Å². The van der Waals surface area contributed by atoms with Crippen LogP contribution in [0.15, 0.2) is 65.8 Å². The number of carbonyl (C=O) groups is 1. The fraction of sp³-hybridized carbons (Fsp3) is 0.333. The molecular weight excluding hydrogens is 312 g/mol. The number of para-hydroxylation sites is 1. The molecule has 0 aromatic heterocycles. The highest BCUT2D eigenvalue weighted by Crippen LogP contribution is 2.35. The molecule has 1 atom stereocenters. The molecule has 0 N–H and O–H groups in total. The van der Waals surface area contributed by atoms with Gasteiger partial charge in [-0.2, -0.15) is 5.10 Å². The van der Waals surface area contributed by atoms with Crippen molar-refractivity contribution in [3.63, 3.8) is 0 Å². The van der Waals surface area contributed by atoms with E-state index in [9.17, 15) is 4.79 Å². The van der Waals surface area contributed by atoms with Crippen LogP contribution < -0.4 is 5.01 Å². The smallest absolute Gasteiger partial charge is 0.354 e. The third-order valence-electron chi connectivity index (χ3n) is 4.93. The Balaban J connectivity index is 1.59. The summed E-state index contributed by atoms with van der Waals surface area (Å²) in [7, 11) is 0. The normalized spacial score (nSPS) is 20.6. The lowest BCUT2D eigenvalue weighted by Gasteiger charge is -2.23. The van der Waals surface area contributed by atoms with Crippen molar-refractivity contribution in [2.45, 2.75) is 44.2 Å². The molecule has 1 aliphatic carbocycles. The number of hydrogen-bond donors (Lipinski definition) is 0. The summed E-state index contributed by atoms with van der Waals surface area (Å²) in [5.41, 5.74) is 2.66. The standard InChI is InChI=1S/C21H22N2O2/c24-21(25-18-13-7-8-14-18)19-15-20(16-9-3-1-4-10-16)23(22-19)17-11-5-2-6-12-17/h1-6,9-12,18,20H,7-8,13-15H2/t20-/m0/s1. The number of hydrogen-bond acceptors (Lipinski definition) is 4. The number of esters is 1. The highest BCUT2D eigenvalue weighted by molar-refractivity contribution is 6.37. The van der Waals surface area contributed by atoms with Crippen LogP contribution in [0.3, 0.4) is 0 Å². The molecule has 0 amide bonds. The van der Waals surface area contributed by atoms with Crippen molar-refractivity contribution >= 4 is 17.4 Å². The molecule has 1 aliphatic heterocycles. The molecule has 0 unspecified atom stereocenters. The second-order valence-electron chi connectivity index (χ2n) is 6.67. The number of ether oxygens (including phenoxy) is 1. The number of rotatable bonds is 4. The molecule has 4 nitrogen and oxygen atoms in total. The first-order valence-electron chi connectivity index (χ1n) is 8.99. The second-order valence-corrected chi connectivity index (χ2v) is 6.67. The fourth-order valence-electron chi connectivity index (χ4n) is 3.61. The molecule has 1 heterocycles. The van der Waals surface area contributed by atoms with Gasteiger partial charge in [0.2, 0.25) is 0 Å². The average molecular weight is 334 g/mol. The zero-order chi connectivity index (χ0) is 17.1. The lowest BCUT2D eigenvalue weighted by Crippen LogP contribution is -2.22. The Morgan fingerprint density at radius 1 is 0.960 bits per heavy atom. The minimum absolute atomic E-state index is 0.0229. The van der Waals surface area contributed by atoms with E-state index in [1.807, 2.05) is 53.5 Å². The van der Waals surface area contributed by atoms with E-state index in [4.69, 9.17) is 4.74 Å². The number of hydrazone groups is 1. The van der Waals surface area contributed by atoms with Crippen molar-refractivity contribution in [2.75, 3.05) is 5.01 Å². The maximum absolute atomic E-state index is 12.6. The first kappa shape index (κ1) is 15.9. The van der Waals surface area contributed by atoms with Gasteiger partial charge in [-0.15, -0.1) is 0 Å². The Bertz CT molecular complexity index is 752. The molecule has 0 bridgehead atoms. The van der Waals surface area contributed by atoms with Gasteiger partial charge in [-0.3, -0.25) is 5.01 Å². The maximum Gasteiger partial charge on any atom is 0.354 e. The first-order chi connectivity index (χ1) is 12.3. The molecule has 4 heteroatoms. The molecule has 4 rings (SSSR count). The van der Waals surface area contributed by atoms with Gasteiger partial charge in [0, 0.05) is 6.42 Å². The van der Waals surface area contributed by atoms with E-state index in [1.54, 1.807) is 0 Å². The summed E-state index contributed by atoms with van der Waals surface area (Å²) in [5, 5.41) is 6.58. The monoisotopic (exact) mass is 334 g/mol. The SMILES string of the molecule is O=C(OC1CCCC1)C1=NN(c2ccccc2)[C@H](c2ccccc2)C1. The van der Waals surface area contributed by atoms with Gasteiger partial charge in [-0.25, -0.2) is 4.79 Å². The topological polar surface area (TPSA) is 41.9 Å². The summed E-state index contributed by atoms with van der Waals surface area (Å²) in [6.45, 7) is 0. The highest BCUT2D eigenvalue weighted by Gasteiger charge is 2.34. The van der Waals surface area contributed by atoms with Gasteiger partial charge in [0.05, 0.1) is 11.7 Å². The van der Waals surface area contributed by atoms with E-state index in [1.165, 1.54) is 0 Å². The maximum atomic E-state index is 12.6. The number of anilines is 1. The number of carbonyl (C=O) groups excluding carboxylic acids is 1. The Hall–Kier alpha value is -2.62. The molecule has 1 fully saturated rings. The van der Waals surface area contributed by atoms with Crippen LogP contribution in [0, 0.1) is 0 Å². The van der Waals surface area contributed by atoms with E-state index < -0.39 is 0 Å². The van der Waals surface area contributed by atoms with Crippen molar-refractivity contribution in [3.05, 3.63) is 66.2 Å². The Morgan fingerprint density at radius 2 is 1.60 bits per heavy atom. The van der Waals surface area contributed by atoms with Gasteiger partial charge in [0.1, 0.15) is 11.8 Å². The summed E-state index contributed by atoms with van der Waals surface area (Å²) < 4.78 is 5.67. The van der Waals surface area contributed by atoms with E-state index in [2.05, 4.69) is 17.2 Å². The minimum atomic E-state index is -0.258. The molecule has 0 saturated heterocycles. The Kier molecular flexibility index (Phi) is 4.51. The largest absolute Gasteiger partial charge is 0.458 e. The van der Waals surface area contributed by atoms with Gasteiger partial charge in [-0.05, 0) is 43.4 Å². The zero-order valence-corrected chi connectivity index (χ0v) is 14.2. The zero-order valence-electron chi connectivity index (χ0n) is 14.2. The van der Waals surface area contributed by atoms with Crippen molar-refractivity contribution < 1.29 is 9.53 Å². The van der Waals surface area contributed by atoms with Crippen molar-refractivity contribution in [1.29, 1.82) is 0 Å². The summed E-state index contributed by atoms with van der Waals surface area (Å²) in [6, 6.07) is 20.2. The van der Waals surface area contributed by atoms with Crippen LogP contribution in [-0.2, 0) is 9.53 Å². The van der Waals surface area contributed by atoms with Crippen LogP contribution in [-0.4, -0.2) is 17.8 Å². The molecule has 128 valence electrons. The van der Waals surface area contributed by atoms with Gasteiger partial charge in [-0.1, -0.05) is 48.5 Å². The molecule has 2 aromatic rings. The number of benzene rings is 2. The third kappa shape index (κ3) is 3.43. The third-order valence-corrected chi connectivity index (χ3v) is 4.93. The quantitative estimate of drug-likeness (QED) is 0.774. The van der Waals surface area contributed by atoms with Crippen LogP contribution in [0.25, 0.3) is 0 Å². The van der Waals surface area contributed by atoms with Gasteiger partial charge in [0.15, 0.2) is 0 Å². The highest BCUT2D eigenvalue weighted by atomic mass is 16.5. The van der Waals surface area contributed by atoms with E-state index in [0.717, 1.165) is 36.9 Å². The van der Waals surface area contributed by atoms with Crippen LogP contribution >= 0.6 is 0 Å². The van der Waals surface area contributed by atoms with Crippen LogP contribution in [0.2, 0.25) is 0 Å². The minimum Gasteiger partial charge on any atom is -0.458 e. The van der Waals surface area contributed by atoms with E-state index in [0.29, 0.717) is 12.1 Å². The summed E-state index contributed by atoms with van der Waals surface area (Å²) >= 11 is 0. The average Bonchev–Trinajstić information content (AvgIpc) is 3.33. The summed E-state index contributed by atoms with van der Waals surface area (Å²) in [4.78, 5) is 12.6. The number of nitrogens with zero attached hydrogens (tertiary/aromatic N) is 2. The van der Waals surface area contributed by atoms with Crippen LogP contribution in [0.1, 0.15) is 43.7 Å². The lowest BCUT2D eigenvalue weighted by atomic mass is 10.0. The molecule has 25 heavy (non-hydrogen) atoms. The molecule has 2 aliphatic rings. The van der Waals surface area contributed by atoms with E-state index >= 15 is 0 Å². The molecule has 2 aromatic carbocycles. The Morgan fingerprint density at radius 3 is 2.28 bits per heavy atom. The second kappa shape index (κ2) is 7.09.